The minimum Gasteiger partial charge on any atom is -0.382 e. The lowest BCUT2D eigenvalue weighted by Gasteiger charge is -2.22. The molecule has 1 aliphatic heterocycles. The van der Waals surface area contributed by atoms with Gasteiger partial charge in [0.2, 0.25) is 0 Å². The molecule has 0 radical (unpaired) electrons. The summed E-state index contributed by atoms with van der Waals surface area (Å²) in [6.45, 7) is 6.72. The van der Waals surface area contributed by atoms with Crippen molar-refractivity contribution in [3.05, 3.63) is 0 Å². The second kappa shape index (κ2) is 8.86. The molecule has 2 unspecified atom stereocenters. The van der Waals surface area contributed by atoms with Gasteiger partial charge in [-0.1, -0.05) is 6.92 Å². The van der Waals surface area contributed by atoms with Crippen LogP contribution in [-0.2, 0) is 9.47 Å². The van der Waals surface area contributed by atoms with Crippen molar-refractivity contribution in [1.29, 1.82) is 0 Å². The third-order valence-corrected chi connectivity index (χ3v) is 3.45. The fraction of sp³-hybridized carbons (Fsp3) is 1.00. The first kappa shape index (κ1) is 14.9. The number of ether oxygens (including phenoxy) is 2. The van der Waals surface area contributed by atoms with Crippen molar-refractivity contribution in [3.63, 3.8) is 0 Å². The molecule has 0 aromatic heterocycles. The van der Waals surface area contributed by atoms with Crippen molar-refractivity contribution >= 4 is 0 Å². The third-order valence-electron chi connectivity index (χ3n) is 3.45. The fourth-order valence-corrected chi connectivity index (χ4v) is 2.37. The summed E-state index contributed by atoms with van der Waals surface area (Å²) < 4.78 is 11.0. The fourth-order valence-electron chi connectivity index (χ4n) is 2.37. The van der Waals surface area contributed by atoms with E-state index in [1.54, 1.807) is 7.11 Å². The van der Waals surface area contributed by atoms with Gasteiger partial charge < -0.3 is 19.7 Å². The van der Waals surface area contributed by atoms with Crippen LogP contribution in [-0.4, -0.2) is 64.1 Å². The van der Waals surface area contributed by atoms with Crippen LogP contribution in [0.25, 0.3) is 0 Å². The molecule has 0 saturated carbocycles. The number of methoxy groups -OCH3 is 1. The minimum atomic E-state index is 0.187. The molecule has 0 spiro atoms. The maximum Gasteiger partial charge on any atom is 0.0932 e. The van der Waals surface area contributed by atoms with Crippen LogP contribution in [0.3, 0.4) is 0 Å². The number of rotatable bonds is 9. The lowest BCUT2D eigenvalue weighted by molar-refractivity contribution is -0.00646. The van der Waals surface area contributed by atoms with E-state index in [2.05, 4.69) is 24.2 Å². The maximum atomic E-state index is 5.88. The van der Waals surface area contributed by atoms with E-state index in [0.29, 0.717) is 6.61 Å². The number of nitrogens with zero attached hydrogens (tertiary/aromatic N) is 1. The molecule has 17 heavy (non-hydrogen) atoms. The van der Waals surface area contributed by atoms with Gasteiger partial charge in [-0.25, -0.2) is 0 Å². The van der Waals surface area contributed by atoms with Crippen molar-refractivity contribution in [1.82, 2.24) is 10.2 Å². The summed E-state index contributed by atoms with van der Waals surface area (Å²) in [4.78, 5) is 2.44. The van der Waals surface area contributed by atoms with Gasteiger partial charge >= 0.3 is 0 Å². The van der Waals surface area contributed by atoms with Crippen LogP contribution in [0.4, 0.5) is 0 Å². The Morgan fingerprint density at radius 2 is 2.29 bits per heavy atom. The normalized spacial score (nSPS) is 23.1. The Bertz CT molecular complexity index is 190. The van der Waals surface area contributed by atoms with Gasteiger partial charge in [0.15, 0.2) is 0 Å². The summed E-state index contributed by atoms with van der Waals surface area (Å²) in [5.41, 5.74) is 0. The van der Waals surface area contributed by atoms with Crippen molar-refractivity contribution in [2.45, 2.75) is 38.3 Å². The number of hydrogen-bond acceptors (Lipinski definition) is 4. The van der Waals surface area contributed by atoms with Crippen LogP contribution >= 0.6 is 0 Å². The second-order valence-electron chi connectivity index (χ2n) is 4.82. The van der Waals surface area contributed by atoms with Gasteiger partial charge in [0, 0.05) is 26.3 Å². The van der Waals surface area contributed by atoms with Gasteiger partial charge in [-0.2, -0.15) is 0 Å². The van der Waals surface area contributed by atoms with Crippen LogP contribution < -0.4 is 5.32 Å². The lowest BCUT2D eigenvalue weighted by atomic mass is 10.1. The highest BCUT2D eigenvalue weighted by molar-refractivity contribution is 4.76. The van der Waals surface area contributed by atoms with E-state index in [4.69, 9.17) is 9.47 Å². The Kier molecular flexibility index (Phi) is 7.77. The Labute approximate surface area is 106 Å². The highest BCUT2D eigenvalue weighted by Crippen LogP contribution is 2.17. The zero-order valence-electron chi connectivity index (χ0n) is 11.6. The zero-order chi connectivity index (χ0) is 12.5. The van der Waals surface area contributed by atoms with E-state index >= 15 is 0 Å². The van der Waals surface area contributed by atoms with Crippen molar-refractivity contribution in [2.24, 2.45) is 0 Å². The molecule has 102 valence electrons. The predicted octanol–water partition coefficient (Wildman–Crippen LogP) is 1.11. The molecular formula is C13H28N2O2. The van der Waals surface area contributed by atoms with Gasteiger partial charge in [0.25, 0.3) is 0 Å². The Morgan fingerprint density at radius 1 is 1.47 bits per heavy atom. The van der Waals surface area contributed by atoms with E-state index in [1.165, 1.54) is 19.4 Å². The Morgan fingerprint density at radius 3 is 2.88 bits per heavy atom. The standard InChI is InChI=1S/C13H28N2O2/c1-4-14-10-13(11-16-3)17-9-7-12-6-5-8-15(12)2/h12-14H,4-11H2,1-3H3. The number of hydrogen-bond donors (Lipinski definition) is 1. The molecule has 0 bridgehead atoms. The molecule has 4 heteroatoms. The number of likely N-dealkylation sites (tertiary alicyclic amines) is 1. The molecule has 2 atom stereocenters. The highest BCUT2D eigenvalue weighted by Gasteiger charge is 2.20. The number of likely N-dealkylation sites (N-methyl/N-ethyl adjacent to an activating group) is 1. The molecule has 1 heterocycles. The third kappa shape index (κ3) is 5.82. The number of nitrogens with one attached hydrogen (secondary N) is 1. The molecule has 0 aromatic rings. The Hall–Kier alpha value is -0.160. The topological polar surface area (TPSA) is 33.7 Å². The first-order valence-corrected chi connectivity index (χ1v) is 6.79. The molecule has 1 N–H and O–H groups in total. The summed E-state index contributed by atoms with van der Waals surface area (Å²) >= 11 is 0. The van der Waals surface area contributed by atoms with E-state index in [1.807, 2.05) is 0 Å². The molecule has 1 rings (SSSR count). The highest BCUT2D eigenvalue weighted by atomic mass is 16.5. The summed E-state index contributed by atoms with van der Waals surface area (Å²) in [6, 6.07) is 0.720. The summed E-state index contributed by atoms with van der Waals surface area (Å²) in [7, 11) is 3.94. The maximum absolute atomic E-state index is 5.88. The van der Waals surface area contributed by atoms with Crippen molar-refractivity contribution in [2.75, 3.05) is 47.0 Å². The molecule has 1 fully saturated rings. The first-order chi connectivity index (χ1) is 8.27. The van der Waals surface area contributed by atoms with Crippen molar-refractivity contribution in [3.8, 4) is 0 Å². The van der Waals surface area contributed by atoms with Crippen LogP contribution in [0.1, 0.15) is 26.2 Å². The van der Waals surface area contributed by atoms with Crippen LogP contribution in [0.15, 0.2) is 0 Å². The van der Waals surface area contributed by atoms with Crippen LogP contribution in [0.5, 0.6) is 0 Å². The Balaban J connectivity index is 2.12. The van der Waals surface area contributed by atoms with Gasteiger partial charge in [-0.15, -0.1) is 0 Å². The summed E-state index contributed by atoms with van der Waals surface area (Å²) in [6.07, 6.45) is 3.98. The summed E-state index contributed by atoms with van der Waals surface area (Å²) in [5, 5.41) is 3.30. The predicted molar refractivity (Wildman–Crippen MR) is 70.4 cm³/mol. The largest absolute Gasteiger partial charge is 0.382 e. The van der Waals surface area contributed by atoms with E-state index < -0.39 is 0 Å². The van der Waals surface area contributed by atoms with Gasteiger partial charge in [0.05, 0.1) is 12.7 Å². The molecular weight excluding hydrogens is 216 g/mol. The van der Waals surface area contributed by atoms with E-state index in [0.717, 1.165) is 32.2 Å². The second-order valence-corrected chi connectivity index (χ2v) is 4.82. The average molecular weight is 244 g/mol. The van der Waals surface area contributed by atoms with Crippen LogP contribution in [0.2, 0.25) is 0 Å². The minimum absolute atomic E-state index is 0.187. The molecule has 1 saturated heterocycles. The average Bonchev–Trinajstić information content (AvgIpc) is 2.72. The monoisotopic (exact) mass is 244 g/mol. The van der Waals surface area contributed by atoms with Crippen LogP contribution in [0, 0.1) is 0 Å². The smallest absolute Gasteiger partial charge is 0.0932 e. The molecule has 4 nitrogen and oxygen atoms in total. The summed E-state index contributed by atoms with van der Waals surface area (Å²) in [5.74, 6) is 0. The molecule has 0 amide bonds. The van der Waals surface area contributed by atoms with E-state index in [9.17, 15) is 0 Å². The molecule has 0 aliphatic carbocycles. The molecule has 0 aromatic carbocycles. The SMILES string of the molecule is CCNCC(COC)OCCC1CCCN1C. The van der Waals surface area contributed by atoms with E-state index in [-0.39, 0.29) is 6.10 Å². The van der Waals surface area contributed by atoms with Gasteiger partial charge in [0.1, 0.15) is 0 Å². The first-order valence-electron chi connectivity index (χ1n) is 6.79. The van der Waals surface area contributed by atoms with Crippen molar-refractivity contribution < 1.29 is 9.47 Å². The lowest BCUT2D eigenvalue weighted by Crippen LogP contribution is -2.34. The quantitative estimate of drug-likeness (QED) is 0.659. The zero-order valence-corrected chi connectivity index (χ0v) is 11.6. The molecule has 1 aliphatic rings. The van der Waals surface area contributed by atoms with Gasteiger partial charge in [-0.05, 0) is 39.4 Å². The van der Waals surface area contributed by atoms with Gasteiger partial charge in [-0.3, -0.25) is 0 Å².